The number of nitrogens with one attached hydrogen (secondary N) is 1. The topological polar surface area (TPSA) is 49.3 Å². The van der Waals surface area contributed by atoms with Crippen LogP contribution >= 0.6 is 11.8 Å². The monoisotopic (exact) mass is 267 g/mol. The van der Waals surface area contributed by atoms with Gasteiger partial charge >= 0.3 is 5.97 Å². The van der Waals surface area contributed by atoms with Gasteiger partial charge in [0.05, 0.1) is 5.92 Å². The van der Waals surface area contributed by atoms with E-state index in [1.165, 1.54) is 4.90 Å². The summed E-state index contributed by atoms with van der Waals surface area (Å²) in [5.41, 5.74) is 1.03. The Morgan fingerprint density at radius 3 is 2.33 bits per heavy atom. The Bertz CT molecular complexity index is 378. The number of carboxylic acid groups (broad SMARTS) is 1. The summed E-state index contributed by atoms with van der Waals surface area (Å²) in [6.45, 7) is 4.02. The molecule has 2 unspecified atom stereocenters. The van der Waals surface area contributed by atoms with Crippen LogP contribution in [0.15, 0.2) is 29.2 Å². The first-order valence-electron chi connectivity index (χ1n) is 6.26. The highest BCUT2D eigenvalue weighted by molar-refractivity contribution is 7.99. The molecule has 0 aliphatic rings. The zero-order chi connectivity index (χ0) is 13.5. The van der Waals surface area contributed by atoms with Crippen molar-refractivity contribution in [1.29, 1.82) is 0 Å². The molecule has 18 heavy (non-hydrogen) atoms. The van der Waals surface area contributed by atoms with Crippen molar-refractivity contribution in [3.8, 4) is 0 Å². The normalized spacial score (nSPS) is 14.2. The van der Waals surface area contributed by atoms with Gasteiger partial charge in [0.15, 0.2) is 0 Å². The second-order valence-corrected chi connectivity index (χ2v) is 5.46. The number of hydrogen-bond acceptors (Lipinski definition) is 3. The van der Waals surface area contributed by atoms with Gasteiger partial charge in [-0.3, -0.25) is 4.79 Å². The van der Waals surface area contributed by atoms with Crippen LogP contribution in [-0.4, -0.2) is 23.9 Å². The maximum absolute atomic E-state index is 11.2. The Labute approximate surface area is 113 Å². The largest absolute Gasteiger partial charge is 0.481 e. The van der Waals surface area contributed by atoms with Crippen molar-refractivity contribution in [2.24, 2.45) is 5.92 Å². The fourth-order valence-electron chi connectivity index (χ4n) is 2.09. The Kier molecular flexibility index (Phi) is 6.22. The van der Waals surface area contributed by atoms with Gasteiger partial charge in [-0.25, -0.2) is 0 Å². The second kappa shape index (κ2) is 7.44. The van der Waals surface area contributed by atoms with Gasteiger partial charge in [0.2, 0.25) is 0 Å². The highest BCUT2D eigenvalue weighted by Gasteiger charge is 2.26. The summed E-state index contributed by atoms with van der Waals surface area (Å²) >= 11 is 1.79. The third kappa shape index (κ3) is 3.75. The van der Waals surface area contributed by atoms with Crippen LogP contribution in [0.2, 0.25) is 0 Å². The summed E-state index contributed by atoms with van der Waals surface area (Å²) in [5.74, 6) is -0.0924. The van der Waals surface area contributed by atoms with Crippen molar-refractivity contribution in [1.82, 2.24) is 5.32 Å². The van der Waals surface area contributed by atoms with Crippen LogP contribution in [0.3, 0.4) is 0 Å². The average Bonchev–Trinajstić information content (AvgIpc) is 2.37. The van der Waals surface area contributed by atoms with Gasteiger partial charge in [-0.1, -0.05) is 26.0 Å². The third-order valence-corrected chi connectivity index (χ3v) is 3.91. The molecule has 2 N–H and O–H groups in total. The predicted molar refractivity (Wildman–Crippen MR) is 76.1 cm³/mol. The minimum atomic E-state index is -0.746. The van der Waals surface area contributed by atoms with E-state index in [1.54, 1.807) is 11.8 Å². The molecule has 0 saturated heterocycles. The van der Waals surface area contributed by atoms with E-state index in [0.29, 0.717) is 6.42 Å². The van der Waals surface area contributed by atoms with Gasteiger partial charge < -0.3 is 10.4 Å². The quantitative estimate of drug-likeness (QED) is 0.745. The minimum absolute atomic E-state index is 0.131. The number of aliphatic carboxylic acids is 1. The number of carbonyl (C=O) groups is 1. The molecule has 2 atom stereocenters. The lowest BCUT2D eigenvalue weighted by Crippen LogP contribution is -2.30. The molecule has 0 aromatic heterocycles. The van der Waals surface area contributed by atoms with Crippen molar-refractivity contribution in [2.75, 3.05) is 12.8 Å². The summed E-state index contributed by atoms with van der Waals surface area (Å²) in [5, 5.41) is 12.3. The summed E-state index contributed by atoms with van der Waals surface area (Å²) < 4.78 is 0. The third-order valence-electron chi connectivity index (χ3n) is 3.02. The van der Waals surface area contributed by atoms with Crippen LogP contribution in [0, 0.1) is 5.92 Å². The number of rotatable bonds is 7. The van der Waals surface area contributed by atoms with Crippen LogP contribution in [0.25, 0.3) is 0 Å². The molecular formula is C14H21NO2S. The highest BCUT2D eigenvalue weighted by Crippen LogP contribution is 2.27. The molecule has 1 aromatic carbocycles. The molecule has 0 aliphatic heterocycles. The van der Waals surface area contributed by atoms with Crippen molar-refractivity contribution in [3.63, 3.8) is 0 Å². The maximum atomic E-state index is 11.2. The van der Waals surface area contributed by atoms with E-state index in [9.17, 15) is 9.90 Å². The summed E-state index contributed by atoms with van der Waals surface area (Å²) in [6, 6.07) is 8.02. The molecule has 0 fully saturated rings. The average molecular weight is 267 g/mol. The first kappa shape index (κ1) is 15.1. The van der Waals surface area contributed by atoms with E-state index in [-0.39, 0.29) is 12.0 Å². The van der Waals surface area contributed by atoms with E-state index in [4.69, 9.17) is 0 Å². The summed E-state index contributed by atoms with van der Waals surface area (Å²) in [7, 11) is 1.81. The zero-order valence-corrected chi connectivity index (χ0v) is 12.0. The lowest BCUT2D eigenvalue weighted by molar-refractivity contribution is -0.143. The van der Waals surface area contributed by atoms with Crippen LogP contribution in [0.5, 0.6) is 0 Å². The lowest BCUT2D eigenvalue weighted by atomic mass is 9.91. The number of carboxylic acids is 1. The molecule has 0 amide bonds. The van der Waals surface area contributed by atoms with Crippen molar-refractivity contribution in [3.05, 3.63) is 29.8 Å². The predicted octanol–water partition coefficient (Wildman–Crippen LogP) is 3.17. The van der Waals surface area contributed by atoms with Gasteiger partial charge in [0.1, 0.15) is 0 Å². The Morgan fingerprint density at radius 2 is 1.94 bits per heavy atom. The van der Waals surface area contributed by atoms with Crippen molar-refractivity contribution < 1.29 is 9.90 Å². The van der Waals surface area contributed by atoms with Crippen LogP contribution in [0.1, 0.15) is 31.9 Å². The van der Waals surface area contributed by atoms with Crippen molar-refractivity contribution >= 4 is 17.7 Å². The fourth-order valence-corrected chi connectivity index (χ4v) is 2.75. The van der Waals surface area contributed by atoms with Gasteiger partial charge in [-0.15, -0.1) is 11.8 Å². The standard InChI is InChI=1S/C14H21NO2S/c1-4-12(14(16)17)13(15-3)10-6-8-11(9-7-10)18-5-2/h6-9,12-13,15H,4-5H2,1-3H3,(H,16,17). The highest BCUT2D eigenvalue weighted by atomic mass is 32.2. The van der Waals surface area contributed by atoms with Crippen molar-refractivity contribution in [2.45, 2.75) is 31.2 Å². The minimum Gasteiger partial charge on any atom is -0.481 e. The summed E-state index contributed by atoms with van der Waals surface area (Å²) in [4.78, 5) is 12.5. The molecule has 0 heterocycles. The number of thioether (sulfide) groups is 1. The molecule has 0 saturated carbocycles. The zero-order valence-electron chi connectivity index (χ0n) is 11.1. The molecule has 100 valence electrons. The summed E-state index contributed by atoms with van der Waals surface area (Å²) in [6.07, 6.45) is 0.617. The van der Waals surface area contributed by atoms with Crippen LogP contribution in [0.4, 0.5) is 0 Å². The molecule has 4 heteroatoms. The molecule has 1 aromatic rings. The molecule has 0 radical (unpaired) electrons. The van der Waals surface area contributed by atoms with E-state index >= 15 is 0 Å². The molecule has 0 spiro atoms. The SMILES string of the molecule is CCSc1ccc(C(NC)C(CC)C(=O)O)cc1. The van der Waals surface area contributed by atoms with E-state index in [2.05, 4.69) is 24.4 Å². The first-order valence-corrected chi connectivity index (χ1v) is 7.25. The van der Waals surface area contributed by atoms with E-state index in [1.807, 2.05) is 26.1 Å². The van der Waals surface area contributed by atoms with Gasteiger partial charge in [0.25, 0.3) is 0 Å². The van der Waals surface area contributed by atoms with Gasteiger partial charge in [-0.05, 0) is 36.9 Å². The van der Waals surface area contributed by atoms with Gasteiger partial charge in [0, 0.05) is 10.9 Å². The fraction of sp³-hybridized carbons (Fsp3) is 0.500. The van der Waals surface area contributed by atoms with Crippen LogP contribution < -0.4 is 5.32 Å². The first-order chi connectivity index (χ1) is 8.63. The molecule has 0 aliphatic carbocycles. The molecule has 0 bridgehead atoms. The van der Waals surface area contributed by atoms with Crippen LogP contribution in [-0.2, 0) is 4.79 Å². The Balaban J connectivity index is 2.90. The second-order valence-electron chi connectivity index (χ2n) is 4.12. The number of benzene rings is 1. The Hall–Kier alpha value is -1.00. The Morgan fingerprint density at radius 1 is 1.33 bits per heavy atom. The van der Waals surface area contributed by atoms with E-state index < -0.39 is 5.97 Å². The molecule has 1 rings (SSSR count). The molecule has 3 nitrogen and oxygen atoms in total. The molecular weight excluding hydrogens is 246 g/mol. The lowest BCUT2D eigenvalue weighted by Gasteiger charge is -2.23. The van der Waals surface area contributed by atoms with E-state index in [0.717, 1.165) is 11.3 Å². The maximum Gasteiger partial charge on any atom is 0.308 e. The van der Waals surface area contributed by atoms with Gasteiger partial charge in [-0.2, -0.15) is 0 Å². The smallest absolute Gasteiger partial charge is 0.308 e. The number of hydrogen-bond donors (Lipinski definition) is 2.